The summed E-state index contributed by atoms with van der Waals surface area (Å²) in [4.78, 5) is 34.7. The van der Waals surface area contributed by atoms with E-state index in [0.717, 1.165) is 13.0 Å². The van der Waals surface area contributed by atoms with Gasteiger partial charge in [-0.25, -0.2) is 22.9 Å². The van der Waals surface area contributed by atoms with Crippen molar-refractivity contribution in [3.8, 4) is 34.6 Å². The maximum absolute atomic E-state index is 17.9. The van der Waals surface area contributed by atoms with Crippen molar-refractivity contribution in [3.63, 3.8) is 0 Å². The fourth-order valence-electron chi connectivity index (χ4n) is 10.3. The molecule has 4 aliphatic rings. The van der Waals surface area contributed by atoms with Gasteiger partial charge in [0.25, 0.3) is 0 Å². The van der Waals surface area contributed by atoms with Gasteiger partial charge in [0.2, 0.25) is 5.88 Å². The van der Waals surface area contributed by atoms with E-state index in [-0.39, 0.29) is 80.1 Å². The van der Waals surface area contributed by atoms with Crippen LogP contribution in [0.3, 0.4) is 0 Å². The molecule has 5 aromatic rings. The molecule has 0 aliphatic carbocycles. The maximum Gasteiger partial charge on any atom is 0.417 e. The van der Waals surface area contributed by atoms with Gasteiger partial charge in [0.05, 0.1) is 43.6 Å². The van der Waals surface area contributed by atoms with E-state index in [9.17, 15) is 9.18 Å². The second-order valence-corrected chi connectivity index (χ2v) is 19.3. The number of amides is 1. The fourth-order valence-corrected chi connectivity index (χ4v) is 10.3. The van der Waals surface area contributed by atoms with Gasteiger partial charge < -0.3 is 33.5 Å². The largest absolute Gasteiger partial charge is 0.497 e. The first-order chi connectivity index (χ1) is 32.7. The molecule has 13 nitrogen and oxygen atoms in total. The Hall–Kier alpha value is -6.24. The number of halogens is 6. The summed E-state index contributed by atoms with van der Waals surface area (Å²) in [7, 11) is 4.78. The van der Waals surface area contributed by atoms with E-state index in [0.29, 0.717) is 35.5 Å². The number of methoxy groups -OCH3 is 2. The summed E-state index contributed by atoms with van der Waals surface area (Å²) in [6.45, 7) is 8.46. The Balaban J connectivity index is 1.22. The standard InChI is InChI=1S/C50H55F6N7O6/c1-26-39(50(54,55)56)35(20-37(40(26)52)61(21-28-9-14-33(65-7)15-10-28)22-29-11-16-34(66-8)17-12-29)42-41(53)43-38-45(59-47(58-43)67-25-32-19-30(51)23-60(32)6)62-24-31-13-18-36(44(62)27(2)68-46(38)57-42)63(31)48(64)69-49(3,4)5/h9-12,14-17,20,27,30-32,36,44H,13,18-19,21-25H2,1-8H3/t27-,30+,31+,32-,36-,44+/m0/s1. The lowest BCUT2D eigenvalue weighted by molar-refractivity contribution is -0.137. The summed E-state index contributed by atoms with van der Waals surface area (Å²) in [5, 5.41) is -0.0156. The number of anilines is 2. The molecule has 0 N–H and O–H groups in total. The molecule has 9 rings (SSSR count). The lowest BCUT2D eigenvalue weighted by Crippen LogP contribution is -2.65. The Morgan fingerprint density at radius 2 is 1.54 bits per heavy atom. The number of nitrogens with zero attached hydrogens (tertiary/aromatic N) is 7. The van der Waals surface area contributed by atoms with Crippen LogP contribution in [-0.2, 0) is 24.0 Å². The smallest absolute Gasteiger partial charge is 0.417 e. The molecule has 4 aliphatic heterocycles. The average Bonchev–Trinajstić information content (AvgIpc) is 3.76. The van der Waals surface area contributed by atoms with Gasteiger partial charge in [-0.05, 0) is 108 Å². The minimum absolute atomic E-state index is 0.0156. The number of likely N-dealkylation sites (N-methyl/N-ethyl adjacent to an activating group) is 1. The number of hydrogen-bond donors (Lipinski definition) is 0. The van der Waals surface area contributed by atoms with E-state index in [2.05, 4.69) is 9.97 Å². The van der Waals surface area contributed by atoms with E-state index in [1.807, 2.05) is 4.90 Å². The van der Waals surface area contributed by atoms with Gasteiger partial charge in [-0.3, -0.25) is 9.80 Å². The SMILES string of the molecule is COc1ccc(CN(Cc2ccc(OC)cc2)c2cc(-c3nc4c5c(nc(OC[C@@H]6C[C@@H](F)CN6C)nc5c3F)N3C[C@H]5CC[C@@H]([C@H]3[C@H](C)O4)N5C(=O)OC(C)(C)C)c(C(F)(F)F)c(C)c2F)cc1. The summed E-state index contributed by atoms with van der Waals surface area (Å²) in [5.74, 6) is -1.39. The van der Waals surface area contributed by atoms with Crippen molar-refractivity contribution in [3.05, 3.63) is 88.5 Å². The van der Waals surface area contributed by atoms with E-state index >= 15 is 22.0 Å². The predicted octanol–water partition coefficient (Wildman–Crippen LogP) is 9.68. The van der Waals surface area contributed by atoms with Crippen LogP contribution in [0.25, 0.3) is 22.2 Å². The van der Waals surface area contributed by atoms with Crippen molar-refractivity contribution in [1.82, 2.24) is 24.8 Å². The number of fused-ring (bicyclic) bond motifs is 5. The Kier molecular flexibility index (Phi) is 12.6. The third kappa shape index (κ3) is 9.21. The zero-order chi connectivity index (χ0) is 49.3. The van der Waals surface area contributed by atoms with E-state index in [4.69, 9.17) is 28.7 Å². The third-order valence-corrected chi connectivity index (χ3v) is 13.5. The molecule has 19 heteroatoms. The molecule has 0 radical (unpaired) electrons. The zero-order valence-electron chi connectivity index (χ0n) is 39.7. The van der Waals surface area contributed by atoms with Crippen LogP contribution in [0, 0.1) is 18.6 Å². The Bertz CT molecular complexity index is 2690. The summed E-state index contributed by atoms with van der Waals surface area (Å²) in [5.41, 5.74) is -3.88. The highest BCUT2D eigenvalue weighted by molar-refractivity contribution is 5.98. The first kappa shape index (κ1) is 47.8. The molecule has 3 saturated heterocycles. The van der Waals surface area contributed by atoms with Gasteiger partial charge in [0, 0.05) is 37.8 Å². The Labute approximate surface area is 396 Å². The first-order valence-corrected chi connectivity index (χ1v) is 23.0. The quantitative estimate of drug-likeness (QED) is 0.118. The summed E-state index contributed by atoms with van der Waals surface area (Å²) < 4.78 is 125. The lowest BCUT2D eigenvalue weighted by atomic mass is 9.95. The second kappa shape index (κ2) is 18.3. The van der Waals surface area contributed by atoms with Crippen molar-refractivity contribution >= 4 is 28.5 Å². The molecule has 2 aromatic heterocycles. The van der Waals surface area contributed by atoms with Gasteiger partial charge in [-0.15, -0.1) is 0 Å². The second-order valence-electron chi connectivity index (χ2n) is 19.3. The normalized spacial score (nSPS) is 22.3. The highest BCUT2D eigenvalue weighted by Gasteiger charge is 2.54. The minimum atomic E-state index is -5.20. The van der Waals surface area contributed by atoms with Crippen LogP contribution in [-0.4, -0.2) is 114 Å². The van der Waals surface area contributed by atoms with Crippen molar-refractivity contribution in [2.45, 2.75) is 115 Å². The fraction of sp³-hybridized carbons (Fsp3) is 0.480. The van der Waals surface area contributed by atoms with E-state index in [1.165, 1.54) is 14.2 Å². The number of piperazine rings is 1. The number of carbonyl (C=O) groups excluding carboxylic acids is 1. The molecule has 6 heterocycles. The van der Waals surface area contributed by atoms with Crippen molar-refractivity contribution in [1.29, 1.82) is 0 Å². The first-order valence-electron chi connectivity index (χ1n) is 23.0. The number of hydrogen-bond acceptors (Lipinski definition) is 12. The number of alkyl halides is 4. The van der Waals surface area contributed by atoms with Crippen LogP contribution < -0.4 is 28.7 Å². The topological polar surface area (TPSA) is 115 Å². The van der Waals surface area contributed by atoms with Gasteiger partial charge in [0.15, 0.2) is 5.82 Å². The average molecular weight is 964 g/mol. The Morgan fingerprint density at radius 3 is 2.10 bits per heavy atom. The van der Waals surface area contributed by atoms with Gasteiger partial charge in [-0.1, -0.05) is 24.3 Å². The number of pyridine rings is 1. The minimum Gasteiger partial charge on any atom is -0.497 e. The molecular weight excluding hydrogens is 909 g/mol. The third-order valence-electron chi connectivity index (χ3n) is 13.5. The number of ether oxygens (including phenoxy) is 5. The molecule has 0 unspecified atom stereocenters. The van der Waals surface area contributed by atoms with Crippen LogP contribution in [0.4, 0.5) is 42.6 Å². The van der Waals surface area contributed by atoms with E-state index < -0.39 is 81.8 Å². The number of carbonyl (C=O) groups is 1. The lowest BCUT2D eigenvalue weighted by Gasteiger charge is -2.48. The molecular formula is C50H55F6N7O6. The predicted molar refractivity (Wildman–Crippen MR) is 246 cm³/mol. The van der Waals surface area contributed by atoms with Crippen LogP contribution in [0.1, 0.15) is 69.2 Å². The monoisotopic (exact) mass is 963 g/mol. The molecule has 3 aromatic carbocycles. The maximum atomic E-state index is 17.9. The van der Waals surface area contributed by atoms with Gasteiger partial charge in [0.1, 0.15) is 64.2 Å². The van der Waals surface area contributed by atoms with Crippen molar-refractivity contribution in [2.75, 3.05) is 50.8 Å². The molecule has 3 fully saturated rings. The number of benzene rings is 3. The number of likely N-dealkylation sites (tertiary alicyclic amines) is 1. The van der Waals surface area contributed by atoms with Crippen LogP contribution >= 0.6 is 0 Å². The van der Waals surface area contributed by atoms with Gasteiger partial charge >= 0.3 is 18.3 Å². The molecule has 69 heavy (non-hydrogen) atoms. The molecule has 368 valence electrons. The highest BCUT2D eigenvalue weighted by atomic mass is 19.4. The number of rotatable bonds is 11. The van der Waals surface area contributed by atoms with Crippen LogP contribution in [0.5, 0.6) is 23.4 Å². The molecule has 6 atom stereocenters. The Morgan fingerprint density at radius 1 is 0.899 bits per heavy atom. The molecule has 0 spiro atoms. The molecule has 2 bridgehead atoms. The zero-order valence-corrected chi connectivity index (χ0v) is 39.7. The van der Waals surface area contributed by atoms with E-state index in [1.54, 1.807) is 98.0 Å². The summed E-state index contributed by atoms with van der Waals surface area (Å²) in [6, 6.07) is 12.8. The van der Waals surface area contributed by atoms with Crippen molar-refractivity contribution in [2.24, 2.45) is 0 Å². The molecule has 1 amide bonds. The number of aromatic nitrogens is 3. The van der Waals surface area contributed by atoms with Crippen LogP contribution in [0.2, 0.25) is 0 Å². The summed E-state index contributed by atoms with van der Waals surface area (Å²) in [6.07, 6.45) is -6.24. The highest BCUT2D eigenvalue weighted by Crippen LogP contribution is 2.49. The summed E-state index contributed by atoms with van der Waals surface area (Å²) >= 11 is 0. The van der Waals surface area contributed by atoms with Gasteiger partial charge in [-0.2, -0.15) is 23.1 Å². The van der Waals surface area contributed by atoms with Crippen molar-refractivity contribution < 1.29 is 54.8 Å². The van der Waals surface area contributed by atoms with Crippen LogP contribution in [0.15, 0.2) is 54.6 Å². The molecule has 0 saturated carbocycles.